The van der Waals surface area contributed by atoms with E-state index in [-0.39, 0.29) is 34.3 Å². The smallest absolute Gasteiger partial charge is 0.270 e. The number of piperidine rings is 1. The molecule has 1 saturated heterocycles. The molecule has 1 aliphatic heterocycles. The lowest BCUT2D eigenvalue weighted by Crippen LogP contribution is -2.35. The summed E-state index contributed by atoms with van der Waals surface area (Å²) in [4.78, 5) is 22.7. The molecule has 166 valence electrons. The van der Waals surface area contributed by atoms with Gasteiger partial charge in [0.25, 0.3) is 11.6 Å². The predicted octanol–water partition coefficient (Wildman–Crippen LogP) is 3.23. The maximum absolute atomic E-state index is 12.6. The lowest BCUT2D eigenvalue weighted by atomic mass is 10.2. The van der Waals surface area contributed by atoms with E-state index in [0.717, 1.165) is 25.3 Å². The van der Waals surface area contributed by atoms with Gasteiger partial charge in [0.15, 0.2) is 0 Å². The zero-order valence-electron chi connectivity index (χ0n) is 16.6. The standard InChI is InChI=1S/C20H22ClN3O6S/c21-19-9-4-15(24(26)27)14-18(19)20(25)22-10-13-30-16-5-7-17(8-6-16)31(28,29)23-11-2-1-3-12-23/h4-9,14H,1-3,10-13H2,(H,22,25). The number of nitro benzene ring substituents is 1. The Morgan fingerprint density at radius 3 is 2.45 bits per heavy atom. The number of halogens is 1. The van der Waals surface area contributed by atoms with Crippen LogP contribution in [0.15, 0.2) is 47.4 Å². The van der Waals surface area contributed by atoms with E-state index in [0.29, 0.717) is 18.8 Å². The van der Waals surface area contributed by atoms with E-state index in [9.17, 15) is 23.3 Å². The molecule has 2 aromatic rings. The van der Waals surface area contributed by atoms with Crippen molar-refractivity contribution in [2.24, 2.45) is 0 Å². The molecular weight excluding hydrogens is 446 g/mol. The first-order valence-corrected chi connectivity index (χ1v) is 11.6. The fourth-order valence-corrected chi connectivity index (χ4v) is 4.91. The van der Waals surface area contributed by atoms with Crippen molar-refractivity contribution >= 4 is 33.2 Å². The van der Waals surface area contributed by atoms with Gasteiger partial charge in [-0.2, -0.15) is 4.31 Å². The van der Waals surface area contributed by atoms with E-state index in [1.165, 1.54) is 28.6 Å². The van der Waals surface area contributed by atoms with Crippen molar-refractivity contribution < 1.29 is 22.9 Å². The topological polar surface area (TPSA) is 119 Å². The third-order valence-electron chi connectivity index (χ3n) is 4.84. The minimum Gasteiger partial charge on any atom is -0.492 e. The van der Waals surface area contributed by atoms with Crippen molar-refractivity contribution in [3.63, 3.8) is 0 Å². The Morgan fingerprint density at radius 2 is 1.81 bits per heavy atom. The van der Waals surface area contributed by atoms with Crippen LogP contribution in [-0.2, 0) is 10.0 Å². The molecule has 0 unspecified atom stereocenters. The van der Waals surface area contributed by atoms with Crippen molar-refractivity contribution in [2.75, 3.05) is 26.2 Å². The van der Waals surface area contributed by atoms with Crippen LogP contribution in [0.3, 0.4) is 0 Å². The molecule has 1 aliphatic rings. The second-order valence-electron chi connectivity index (χ2n) is 6.96. The van der Waals surface area contributed by atoms with Crippen LogP contribution in [-0.4, -0.2) is 49.8 Å². The second-order valence-corrected chi connectivity index (χ2v) is 9.31. The number of nitro groups is 1. The SMILES string of the molecule is O=C(NCCOc1ccc(S(=O)(=O)N2CCCCC2)cc1)c1cc([N+](=O)[O-])ccc1Cl. The normalized spacial score (nSPS) is 14.7. The average molecular weight is 468 g/mol. The minimum absolute atomic E-state index is 0.00291. The molecule has 1 fully saturated rings. The Morgan fingerprint density at radius 1 is 1.13 bits per heavy atom. The summed E-state index contributed by atoms with van der Waals surface area (Å²) in [5.41, 5.74) is -0.228. The van der Waals surface area contributed by atoms with E-state index < -0.39 is 20.9 Å². The number of hydrogen-bond acceptors (Lipinski definition) is 6. The Kier molecular flexibility index (Phi) is 7.47. The van der Waals surface area contributed by atoms with Crippen LogP contribution in [0.5, 0.6) is 5.75 Å². The molecule has 1 heterocycles. The van der Waals surface area contributed by atoms with E-state index in [2.05, 4.69) is 5.32 Å². The molecule has 0 aliphatic carbocycles. The Bertz CT molecular complexity index is 1050. The molecule has 11 heteroatoms. The summed E-state index contributed by atoms with van der Waals surface area (Å²) in [6.07, 6.45) is 2.78. The van der Waals surface area contributed by atoms with Crippen molar-refractivity contribution in [2.45, 2.75) is 24.2 Å². The van der Waals surface area contributed by atoms with Crippen LogP contribution in [0.25, 0.3) is 0 Å². The third kappa shape index (κ3) is 5.72. The summed E-state index contributed by atoms with van der Waals surface area (Å²) < 4.78 is 32.3. The molecule has 0 spiro atoms. The van der Waals surface area contributed by atoms with Gasteiger partial charge >= 0.3 is 0 Å². The molecule has 0 bridgehead atoms. The first kappa shape index (κ1) is 23.0. The summed E-state index contributed by atoms with van der Waals surface area (Å²) in [6, 6.07) is 9.76. The quantitative estimate of drug-likeness (QED) is 0.361. The molecule has 0 saturated carbocycles. The Hall–Kier alpha value is -2.69. The molecule has 9 nitrogen and oxygen atoms in total. The molecule has 2 aromatic carbocycles. The first-order valence-electron chi connectivity index (χ1n) is 9.74. The van der Waals surface area contributed by atoms with Crippen molar-refractivity contribution in [3.8, 4) is 5.75 Å². The van der Waals surface area contributed by atoms with Crippen LogP contribution in [0.4, 0.5) is 5.69 Å². The van der Waals surface area contributed by atoms with Gasteiger partial charge in [-0.15, -0.1) is 0 Å². The molecule has 1 N–H and O–H groups in total. The highest BCUT2D eigenvalue weighted by Gasteiger charge is 2.25. The number of nitrogens with zero attached hydrogens (tertiary/aromatic N) is 2. The number of carbonyl (C=O) groups is 1. The number of ether oxygens (including phenoxy) is 1. The highest BCUT2D eigenvalue weighted by molar-refractivity contribution is 7.89. The van der Waals surface area contributed by atoms with Crippen molar-refractivity contribution in [1.82, 2.24) is 9.62 Å². The lowest BCUT2D eigenvalue weighted by molar-refractivity contribution is -0.384. The van der Waals surface area contributed by atoms with Crippen LogP contribution in [0, 0.1) is 10.1 Å². The van der Waals surface area contributed by atoms with Gasteiger partial charge in [-0.05, 0) is 43.2 Å². The maximum atomic E-state index is 12.6. The monoisotopic (exact) mass is 467 g/mol. The zero-order valence-corrected chi connectivity index (χ0v) is 18.2. The van der Waals surface area contributed by atoms with E-state index in [1.54, 1.807) is 12.1 Å². The fourth-order valence-electron chi connectivity index (χ4n) is 3.19. The fraction of sp³-hybridized carbons (Fsp3) is 0.350. The van der Waals surface area contributed by atoms with Gasteiger partial charge in [-0.1, -0.05) is 18.0 Å². The van der Waals surface area contributed by atoms with Crippen molar-refractivity contribution in [3.05, 3.63) is 63.2 Å². The molecule has 0 atom stereocenters. The molecular formula is C20H22ClN3O6S. The summed E-state index contributed by atoms with van der Waals surface area (Å²) in [5, 5.41) is 13.5. The number of rotatable bonds is 8. The summed E-state index contributed by atoms with van der Waals surface area (Å²) in [6.45, 7) is 1.33. The van der Waals surface area contributed by atoms with Gasteiger partial charge in [0.2, 0.25) is 10.0 Å². The average Bonchev–Trinajstić information content (AvgIpc) is 2.77. The van der Waals surface area contributed by atoms with E-state index >= 15 is 0 Å². The molecule has 0 radical (unpaired) electrons. The van der Waals surface area contributed by atoms with E-state index in [4.69, 9.17) is 16.3 Å². The summed E-state index contributed by atoms with van der Waals surface area (Å²) in [7, 11) is -3.50. The van der Waals surface area contributed by atoms with Gasteiger partial charge < -0.3 is 10.1 Å². The lowest BCUT2D eigenvalue weighted by Gasteiger charge is -2.25. The molecule has 0 aromatic heterocycles. The van der Waals surface area contributed by atoms with Gasteiger partial charge in [0.1, 0.15) is 12.4 Å². The second kappa shape index (κ2) is 10.1. The van der Waals surface area contributed by atoms with E-state index in [1.807, 2.05) is 0 Å². The predicted molar refractivity (Wildman–Crippen MR) is 115 cm³/mol. The van der Waals surface area contributed by atoms with Crippen LogP contribution in [0.2, 0.25) is 5.02 Å². The zero-order chi connectivity index (χ0) is 22.4. The number of non-ortho nitro benzene ring substituents is 1. The summed E-state index contributed by atoms with van der Waals surface area (Å²) in [5.74, 6) is -0.0968. The highest BCUT2D eigenvalue weighted by atomic mass is 35.5. The Labute approximate surface area is 185 Å². The molecule has 31 heavy (non-hydrogen) atoms. The number of nitrogens with one attached hydrogen (secondary N) is 1. The Balaban J connectivity index is 1.52. The van der Waals surface area contributed by atoms with Gasteiger partial charge in [0.05, 0.1) is 26.9 Å². The van der Waals surface area contributed by atoms with Crippen molar-refractivity contribution in [1.29, 1.82) is 0 Å². The van der Waals surface area contributed by atoms with Gasteiger partial charge in [-0.3, -0.25) is 14.9 Å². The summed E-state index contributed by atoms with van der Waals surface area (Å²) >= 11 is 5.94. The van der Waals surface area contributed by atoms with Crippen LogP contribution >= 0.6 is 11.6 Å². The van der Waals surface area contributed by atoms with Gasteiger partial charge in [0, 0.05) is 25.2 Å². The third-order valence-corrected chi connectivity index (χ3v) is 7.08. The number of benzene rings is 2. The number of hydrogen-bond donors (Lipinski definition) is 1. The highest BCUT2D eigenvalue weighted by Crippen LogP contribution is 2.23. The first-order chi connectivity index (χ1) is 14.8. The number of carbonyl (C=O) groups excluding carboxylic acids is 1. The maximum Gasteiger partial charge on any atom is 0.270 e. The molecule has 3 rings (SSSR count). The largest absolute Gasteiger partial charge is 0.492 e. The molecule has 1 amide bonds. The minimum atomic E-state index is -3.50. The van der Waals surface area contributed by atoms with Crippen LogP contribution < -0.4 is 10.1 Å². The number of sulfonamides is 1. The van der Waals surface area contributed by atoms with Gasteiger partial charge in [-0.25, -0.2) is 8.42 Å². The van der Waals surface area contributed by atoms with Crippen LogP contribution in [0.1, 0.15) is 29.6 Å². The number of amides is 1.